The molecule has 2 aromatic carbocycles. The number of benzene rings is 2. The van der Waals surface area contributed by atoms with Crippen LogP contribution < -0.4 is 15.1 Å². The molecule has 8 heteroatoms. The Morgan fingerprint density at radius 3 is 2.35 bits per heavy atom. The summed E-state index contributed by atoms with van der Waals surface area (Å²) >= 11 is 5.82. The van der Waals surface area contributed by atoms with Crippen molar-refractivity contribution in [1.82, 2.24) is 0 Å². The summed E-state index contributed by atoms with van der Waals surface area (Å²) < 4.78 is 51.0. The third kappa shape index (κ3) is 4.49. The van der Waals surface area contributed by atoms with Crippen molar-refractivity contribution < 1.29 is 27.1 Å². The van der Waals surface area contributed by atoms with Crippen LogP contribution >= 0.6 is 11.6 Å². The van der Waals surface area contributed by atoms with Crippen LogP contribution in [0.4, 0.5) is 13.2 Å². The minimum atomic E-state index is -4.73. The molecular weight excluding hydrogens is 373 g/mol. The molecule has 0 aliphatic heterocycles. The summed E-state index contributed by atoms with van der Waals surface area (Å²) in [5.41, 5.74) is 1.14. The maximum absolute atomic E-state index is 12.1. The van der Waals surface area contributed by atoms with E-state index in [4.69, 9.17) is 20.8 Å². The highest BCUT2D eigenvalue weighted by Crippen LogP contribution is 2.25. The minimum absolute atomic E-state index is 0.122. The lowest BCUT2D eigenvalue weighted by atomic mass is 10.1. The first kappa shape index (κ1) is 18.1. The second-order valence-corrected chi connectivity index (χ2v) is 5.63. The van der Waals surface area contributed by atoms with Gasteiger partial charge in [0.25, 0.3) is 0 Å². The third-order valence-electron chi connectivity index (χ3n) is 3.51. The third-order valence-corrected chi connectivity index (χ3v) is 3.80. The SMILES string of the molecule is O=c1cc(CCl)c2ccc(OCc3ccc(OC(F)(F)F)cc3)cc2o1. The van der Waals surface area contributed by atoms with Gasteiger partial charge in [-0.05, 0) is 35.4 Å². The van der Waals surface area contributed by atoms with Gasteiger partial charge in [-0.1, -0.05) is 12.1 Å². The van der Waals surface area contributed by atoms with E-state index in [0.717, 1.165) is 0 Å². The van der Waals surface area contributed by atoms with Gasteiger partial charge in [0.1, 0.15) is 23.7 Å². The zero-order chi connectivity index (χ0) is 18.7. The van der Waals surface area contributed by atoms with E-state index in [1.807, 2.05) is 0 Å². The quantitative estimate of drug-likeness (QED) is 0.458. The zero-order valence-corrected chi connectivity index (χ0v) is 13.9. The van der Waals surface area contributed by atoms with Crippen LogP contribution in [0.2, 0.25) is 0 Å². The van der Waals surface area contributed by atoms with Crippen LogP contribution in [0.1, 0.15) is 11.1 Å². The van der Waals surface area contributed by atoms with Crippen LogP contribution in [-0.2, 0) is 12.5 Å². The molecule has 0 amide bonds. The van der Waals surface area contributed by atoms with E-state index >= 15 is 0 Å². The average Bonchev–Trinajstić information content (AvgIpc) is 2.58. The fraction of sp³-hybridized carbons (Fsp3) is 0.167. The van der Waals surface area contributed by atoms with Gasteiger partial charge in [0.2, 0.25) is 0 Å². The fourth-order valence-corrected chi connectivity index (χ4v) is 2.59. The van der Waals surface area contributed by atoms with E-state index in [2.05, 4.69) is 4.74 Å². The molecule has 0 saturated heterocycles. The van der Waals surface area contributed by atoms with Gasteiger partial charge >= 0.3 is 12.0 Å². The summed E-state index contributed by atoms with van der Waals surface area (Å²) in [5, 5.41) is 0.709. The van der Waals surface area contributed by atoms with Crippen molar-refractivity contribution in [3.63, 3.8) is 0 Å². The molecule has 0 radical (unpaired) electrons. The molecule has 1 heterocycles. The van der Waals surface area contributed by atoms with Crippen molar-refractivity contribution in [3.8, 4) is 11.5 Å². The number of ether oxygens (including phenoxy) is 2. The van der Waals surface area contributed by atoms with Gasteiger partial charge in [0.05, 0.1) is 0 Å². The van der Waals surface area contributed by atoms with Crippen LogP contribution in [0.15, 0.2) is 57.7 Å². The minimum Gasteiger partial charge on any atom is -0.489 e. The maximum atomic E-state index is 12.1. The van der Waals surface area contributed by atoms with E-state index in [1.165, 1.54) is 30.3 Å². The van der Waals surface area contributed by atoms with Crippen molar-refractivity contribution in [2.24, 2.45) is 0 Å². The number of fused-ring (bicyclic) bond motifs is 1. The molecule has 0 unspecified atom stereocenters. The predicted octanol–water partition coefficient (Wildman–Crippen LogP) is 5.01. The average molecular weight is 385 g/mol. The lowest BCUT2D eigenvalue weighted by molar-refractivity contribution is -0.274. The number of alkyl halides is 4. The smallest absolute Gasteiger partial charge is 0.489 e. The number of hydrogen-bond acceptors (Lipinski definition) is 4. The largest absolute Gasteiger partial charge is 0.573 e. The molecule has 0 saturated carbocycles. The van der Waals surface area contributed by atoms with Gasteiger partial charge in [-0.15, -0.1) is 24.8 Å². The monoisotopic (exact) mass is 384 g/mol. The molecule has 0 aliphatic rings. The van der Waals surface area contributed by atoms with Gasteiger partial charge in [-0.3, -0.25) is 0 Å². The highest BCUT2D eigenvalue weighted by molar-refractivity contribution is 6.17. The summed E-state index contributed by atoms with van der Waals surface area (Å²) in [7, 11) is 0. The Labute approximate surface area is 150 Å². The van der Waals surface area contributed by atoms with Crippen molar-refractivity contribution in [1.29, 1.82) is 0 Å². The summed E-state index contributed by atoms with van der Waals surface area (Å²) in [6, 6.07) is 11.7. The lowest BCUT2D eigenvalue weighted by Gasteiger charge is -2.10. The summed E-state index contributed by atoms with van der Waals surface area (Å²) in [5.74, 6) is 0.319. The molecule has 26 heavy (non-hydrogen) atoms. The zero-order valence-electron chi connectivity index (χ0n) is 13.2. The van der Waals surface area contributed by atoms with E-state index in [9.17, 15) is 18.0 Å². The first-order valence-corrected chi connectivity index (χ1v) is 7.98. The first-order chi connectivity index (χ1) is 12.3. The van der Waals surface area contributed by atoms with Crippen molar-refractivity contribution >= 4 is 22.6 Å². The number of hydrogen-bond donors (Lipinski definition) is 0. The molecule has 0 spiro atoms. The van der Waals surface area contributed by atoms with Crippen LogP contribution in [0.25, 0.3) is 11.0 Å². The topological polar surface area (TPSA) is 48.7 Å². The Balaban J connectivity index is 1.72. The molecule has 0 bridgehead atoms. The standard InChI is InChI=1S/C18H12ClF3O4/c19-9-12-7-17(23)25-16-8-14(5-6-15(12)16)24-10-11-1-3-13(4-2-11)26-18(20,21)22/h1-8H,9-10H2. The Bertz CT molecular complexity index is 965. The molecule has 3 aromatic rings. The Kier molecular flexibility index (Phi) is 5.08. The van der Waals surface area contributed by atoms with Gasteiger partial charge in [0, 0.05) is 23.4 Å². The summed E-state index contributed by atoms with van der Waals surface area (Å²) in [6.07, 6.45) is -4.73. The molecule has 4 nitrogen and oxygen atoms in total. The molecule has 0 atom stereocenters. The predicted molar refractivity (Wildman–Crippen MR) is 89.5 cm³/mol. The highest BCUT2D eigenvalue weighted by Gasteiger charge is 2.30. The van der Waals surface area contributed by atoms with Crippen molar-refractivity contribution in [2.75, 3.05) is 0 Å². The van der Waals surface area contributed by atoms with Gasteiger partial charge in [0.15, 0.2) is 0 Å². The van der Waals surface area contributed by atoms with Crippen LogP contribution in [-0.4, -0.2) is 6.36 Å². The molecule has 136 valence electrons. The van der Waals surface area contributed by atoms with E-state index in [-0.39, 0.29) is 18.2 Å². The van der Waals surface area contributed by atoms with Gasteiger partial charge in [-0.25, -0.2) is 4.79 Å². The van der Waals surface area contributed by atoms with E-state index < -0.39 is 12.0 Å². The van der Waals surface area contributed by atoms with E-state index in [0.29, 0.717) is 27.8 Å². The Morgan fingerprint density at radius 2 is 1.69 bits per heavy atom. The summed E-state index contributed by atoms with van der Waals surface area (Å²) in [6.45, 7) is 0.122. The normalized spacial score (nSPS) is 11.5. The second-order valence-electron chi connectivity index (χ2n) is 5.36. The Morgan fingerprint density at radius 1 is 1.00 bits per heavy atom. The van der Waals surface area contributed by atoms with Crippen molar-refractivity contribution in [2.45, 2.75) is 18.8 Å². The molecule has 3 rings (SSSR count). The number of rotatable bonds is 5. The summed E-state index contributed by atoms with van der Waals surface area (Å²) in [4.78, 5) is 11.5. The fourth-order valence-electron chi connectivity index (χ4n) is 2.36. The van der Waals surface area contributed by atoms with Gasteiger partial charge < -0.3 is 13.9 Å². The van der Waals surface area contributed by atoms with Gasteiger partial charge in [-0.2, -0.15) is 0 Å². The molecule has 0 aliphatic carbocycles. The highest BCUT2D eigenvalue weighted by atomic mass is 35.5. The maximum Gasteiger partial charge on any atom is 0.573 e. The van der Waals surface area contributed by atoms with Crippen molar-refractivity contribution in [3.05, 3.63) is 70.1 Å². The number of halogens is 4. The van der Waals surface area contributed by atoms with Crippen LogP contribution in [0, 0.1) is 0 Å². The van der Waals surface area contributed by atoms with Crippen LogP contribution in [0.5, 0.6) is 11.5 Å². The molecule has 0 fully saturated rings. The molecule has 0 N–H and O–H groups in total. The Hall–Kier alpha value is -2.67. The molecular formula is C18H12ClF3O4. The van der Waals surface area contributed by atoms with E-state index in [1.54, 1.807) is 18.2 Å². The molecule has 1 aromatic heterocycles. The second kappa shape index (κ2) is 7.29. The van der Waals surface area contributed by atoms with Crippen LogP contribution in [0.3, 0.4) is 0 Å². The first-order valence-electron chi connectivity index (χ1n) is 7.44. The lowest BCUT2D eigenvalue weighted by Crippen LogP contribution is -2.17.